The summed E-state index contributed by atoms with van der Waals surface area (Å²) in [4.78, 5) is 33.2. The van der Waals surface area contributed by atoms with Crippen LogP contribution in [-0.4, -0.2) is 32.7 Å². The molecule has 6 heteroatoms. The number of hydrogen-bond donors (Lipinski definition) is 0. The Morgan fingerprint density at radius 3 is 2.48 bits per heavy atom. The number of nitrogens with zero attached hydrogens (tertiary/aromatic N) is 3. The van der Waals surface area contributed by atoms with Crippen LogP contribution in [0.1, 0.15) is 29.7 Å². The van der Waals surface area contributed by atoms with E-state index < -0.39 is 0 Å². The summed E-state index contributed by atoms with van der Waals surface area (Å²) in [5, 5.41) is 1.16. The smallest absolute Gasteiger partial charge is 0.262 e. The lowest BCUT2D eigenvalue weighted by Crippen LogP contribution is -2.37. The first kappa shape index (κ1) is 21.5. The Kier molecular flexibility index (Phi) is 6.01. The molecule has 0 N–H and O–H groups in total. The molecular formula is C27H25N3O2S. The average molecular weight is 456 g/mol. The standard InChI is InChI=1S/C27H25N3O2S/c1-19(20-9-3-2-4-10-20)30-26(32)23-13-7-8-14-24(23)28-27(30)33-18-25(31)29-16-15-21-11-5-6-12-22(21)17-29/h2-14,19H,15-18H2,1H3/t19-/m1/s1. The fourth-order valence-electron chi connectivity index (χ4n) is 4.38. The van der Waals surface area contributed by atoms with Crippen molar-refractivity contribution < 1.29 is 4.79 Å². The van der Waals surface area contributed by atoms with Gasteiger partial charge in [0.2, 0.25) is 5.91 Å². The third kappa shape index (κ3) is 4.31. The molecule has 5 rings (SSSR count). The van der Waals surface area contributed by atoms with Gasteiger partial charge in [0, 0.05) is 13.1 Å². The predicted molar refractivity (Wildman–Crippen MR) is 133 cm³/mol. The van der Waals surface area contributed by atoms with Crippen LogP contribution in [0.25, 0.3) is 10.9 Å². The molecule has 0 radical (unpaired) electrons. The summed E-state index contributed by atoms with van der Waals surface area (Å²) in [6, 6.07) is 25.4. The first-order valence-corrected chi connectivity index (χ1v) is 12.1. The van der Waals surface area contributed by atoms with E-state index in [9.17, 15) is 9.59 Å². The summed E-state index contributed by atoms with van der Waals surface area (Å²) in [5.74, 6) is 0.310. The number of carbonyl (C=O) groups is 1. The van der Waals surface area contributed by atoms with Crippen LogP contribution in [-0.2, 0) is 17.8 Å². The molecule has 1 aliphatic rings. The molecule has 0 unspecified atom stereocenters. The number of carbonyl (C=O) groups excluding carboxylic acids is 1. The molecule has 4 aromatic rings. The van der Waals surface area contributed by atoms with E-state index in [-0.39, 0.29) is 23.3 Å². The maximum Gasteiger partial charge on any atom is 0.262 e. The van der Waals surface area contributed by atoms with E-state index in [1.54, 1.807) is 4.57 Å². The van der Waals surface area contributed by atoms with Gasteiger partial charge in [-0.15, -0.1) is 0 Å². The van der Waals surface area contributed by atoms with Gasteiger partial charge in [0.05, 0.1) is 22.7 Å². The molecule has 1 amide bonds. The molecule has 0 bridgehead atoms. The normalized spacial score (nSPS) is 14.2. The lowest BCUT2D eigenvalue weighted by molar-refractivity contribution is -0.129. The number of thioether (sulfide) groups is 1. The Hall–Kier alpha value is -3.38. The minimum Gasteiger partial charge on any atom is -0.337 e. The summed E-state index contributed by atoms with van der Waals surface area (Å²) < 4.78 is 1.72. The third-order valence-corrected chi connectivity index (χ3v) is 7.19. The molecule has 2 heterocycles. The van der Waals surface area contributed by atoms with Crippen LogP contribution in [0.15, 0.2) is 88.8 Å². The third-order valence-electron chi connectivity index (χ3n) is 6.25. The predicted octanol–water partition coefficient (Wildman–Crippen LogP) is 4.68. The number of amides is 1. The van der Waals surface area contributed by atoms with Gasteiger partial charge in [-0.1, -0.05) is 78.5 Å². The van der Waals surface area contributed by atoms with Gasteiger partial charge in [-0.05, 0) is 42.2 Å². The van der Waals surface area contributed by atoms with Crippen molar-refractivity contribution in [3.8, 4) is 0 Å². The molecule has 1 aliphatic heterocycles. The van der Waals surface area contributed by atoms with E-state index in [0.29, 0.717) is 22.6 Å². The van der Waals surface area contributed by atoms with Crippen molar-refractivity contribution >= 4 is 28.6 Å². The lowest BCUT2D eigenvalue weighted by Gasteiger charge is -2.29. The number of benzene rings is 3. The molecule has 1 aromatic heterocycles. The van der Waals surface area contributed by atoms with Crippen LogP contribution in [0.5, 0.6) is 0 Å². The Morgan fingerprint density at radius 2 is 1.67 bits per heavy atom. The van der Waals surface area contributed by atoms with Gasteiger partial charge in [-0.2, -0.15) is 0 Å². The second-order valence-corrected chi connectivity index (χ2v) is 9.24. The highest BCUT2D eigenvalue weighted by atomic mass is 32.2. The topological polar surface area (TPSA) is 55.2 Å². The maximum atomic E-state index is 13.5. The SMILES string of the molecule is C[C@H](c1ccccc1)n1c(SCC(=O)N2CCc3ccccc3C2)nc2ccccc2c1=O. The number of para-hydroxylation sites is 1. The maximum absolute atomic E-state index is 13.5. The summed E-state index contributed by atoms with van der Waals surface area (Å²) >= 11 is 1.34. The second kappa shape index (κ2) is 9.24. The van der Waals surface area contributed by atoms with E-state index in [1.165, 1.54) is 22.9 Å². The number of rotatable bonds is 5. The quantitative estimate of drug-likeness (QED) is 0.324. The van der Waals surface area contributed by atoms with Gasteiger partial charge in [-0.3, -0.25) is 14.2 Å². The Balaban J connectivity index is 1.44. The number of aromatic nitrogens is 2. The van der Waals surface area contributed by atoms with Crippen molar-refractivity contribution in [3.63, 3.8) is 0 Å². The zero-order valence-corrected chi connectivity index (χ0v) is 19.3. The van der Waals surface area contributed by atoms with Crippen molar-refractivity contribution in [2.45, 2.75) is 31.1 Å². The number of fused-ring (bicyclic) bond motifs is 2. The highest BCUT2D eigenvalue weighted by Crippen LogP contribution is 2.26. The molecule has 0 saturated carbocycles. The van der Waals surface area contributed by atoms with Crippen LogP contribution < -0.4 is 5.56 Å². The van der Waals surface area contributed by atoms with Crippen molar-refractivity contribution in [3.05, 3.63) is 106 Å². The Bertz CT molecular complexity index is 1370. The van der Waals surface area contributed by atoms with Crippen molar-refractivity contribution in [2.24, 2.45) is 0 Å². The fraction of sp³-hybridized carbons (Fsp3) is 0.222. The molecular weight excluding hydrogens is 430 g/mol. The van der Waals surface area contributed by atoms with Crippen LogP contribution >= 0.6 is 11.8 Å². The minimum atomic E-state index is -0.199. The van der Waals surface area contributed by atoms with Gasteiger partial charge in [0.25, 0.3) is 5.56 Å². The molecule has 166 valence electrons. The molecule has 5 nitrogen and oxygen atoms in total. The van der Waals surface area contributed by atoms with Gasteiger partial charge in [0.1, 0.15) is 0 Å². The zero-order valence-electron chi connectivity index (χ0n) is 18.5. The van der Waals surface area contributed by atoms with E-state index in [4.69, 9.17) is 4.98 Å². The van der Waals surface area contributed by atoms with Gasteiger partial charge < -0.3 is 4.90 Å². The Labute approximate surface area is 197 Å². The van der Waals surface area contributed by atoms with E-state index >= 15 is 0 Å². The van der Waals surface area contributed by atoms with Crippen molar-refractivity contribution in [2.75, 3.05) is 12.3 Å². The summed E-state index contributed by atoms with van der Waals surface area (Å²) in [7, 11) is 0. The highest BCUT2D eigenvalue weighted by Gasteiger charge is 2.23. The van der Waals surface area contributed by atoms with Crippen LogP contribution in [0.4, 0.5) is 0 Å². The summed E-state index contributed by atoms with van der Waals surface area (Å²) in [5.41, 5.74) is 4.12. The molecule has 0 saturated heterocycles. The summed E-state index contributed by atoms with van der Waals surface area (Å²) in [6.07, 6.45) is 0.872. The van der Waals surface area contributed by atoms with Gasteiger partial charge >= 0.3 is 0 Å². The fourth-order valence-corrected chi connectivity index (χ4v) is 5.35. The van der Waals surface area contributed by atoms with Gasteiger partial charge in [-0.25, -0.2) is 4.98 Å². The first-order chi connectivity index (χ1) is 16.1. The summed E-state index contributed by atoms with van der Waals surface area (Å²) in [6.45, 7) is 3.35. The number of hydrogen-bond acceptors (Lipinski definition) is 4. The minimum absolute atomic E-state index is 0.0656. The molecule has 1 atom stereocenters. The van der Waals surface area contributed by atoms with Crippen molar-refractivity contribution in [1.82, 2.24) is 14.5 Å². The molecule has 0 spiro atoms. The van der Waals surface area contributed by atoms with E-state index in [0.717, 1.165) is 18.5 Å². The lowest BCUT2D eigenvalue weighted by atomic mass is 10.00. The molecule has 0 fully saturated rings. The van der Waals surface area contributed by atoms with Crippen LogP contribution in [0.3, 0.4) is 0 Å². The van der Waals surface area contributed by atoms with Crippen LogP contribution in [0, 0.1) is 0 Å². The van der Waals surface area contributed by atoms with E-state index in [1.807, 2.05) is 78.6 Å². The van der Waals surface area contributed by atoms with Gasteiger partial charge in [0.15, 0.2) is 5.16 Å². The zero-order chi connectivity index (χ0) is 22.8. The van der Waals surface area contributed by atoms with Crippen molar-refractivity contribution in [1.29, 1.82) is 0 Å². The molecule has 33 heavy (non-hydrogen) atoms. The largest absolute Gasteiger partial charge is 0.337 e. The Morgan fingerprint density at radius 1 is 0.970 bits per heavy atom. The average Bonchev–Trinajstić information content (AvgIpc) is 2.87. The first-order valence-electron chi connectivity index (χ1n) is 11.2. The molecule has 0 aliphatic carbocycles. The van der Waals surface area contributed by atoms with E-state index in [2.05, 4.69) is 12.1 Å². The van der Waals surface area contributed by atoms with Crippen LogP contribution in [0.2, 0.25) is 0 Å². The monoisotopic (exact) mass is 455 g/mol. The molecule has 3 aromatic carbocycles. The highest BCUT2D eigenvalue weighted by molar-refractivity contribution is 7.99. The second-order valence-electron chi connectivity index (χ2n) is 8.30.